The van der Waals surface area contributed by atoms with Gasteiger partial charge in [0.05, 0.1) is 6.61 Å². The van der Waals surface area contributed by atoms with Crippen molar-refractivity contribution < 1.29 is 14.3 Å². The molecule has 6 nitrogen and oxygen atoms in total. The Morgan fingerprint density at radius 2 is 1.93 bits per heavy atom. The number of carbonyl (C=O) groups excluding carboxylic acids is 2. The van der Waals surface area contributed by atoms with E-state index in [1.165, 1.54) is 11.1 Å². The zero-order valence-corrected chi connectivity index (χ0v) is 16.9. The molecule has 2 aliphatic heterocycles. The third kappa shape index (κ3) is 3.98. The van der Waals surface area contributed by atoms with Crippen molar-refractivity contribution in [3.63, 3.8) is 0 Å². The van der Waals surface area contributed by atoms with E-state index in [0.717, 1.165) is 18.5 Å². The predicted octanol–water partition coefficient (Wildman–Crippen LogP) is 3.10. The van der Waals surface area contributed by atoms with Crippen LogP contribution in [0, 0.1) is 5.92 Å². The van der Waals surface area contributed by atoms with E-state index in [1.54, 1.807) is 31.2 Å². The van der Waals surface area contributed by atoms with Crippen LogP contribution in [0.2, 0.25) is 5.02 Å². The third-order valence-corrected chi connectivity index (χ3v) is 5.53. The topological polar surface area (TPSA) is 71.0 Å². The Kier molecular flexibility index (Phi) is 5.53. The summed E-state index contributed by atoms with van der Waals surface area (Å²) in [5.74, 6) is -1.51. The van der Waals surface area contributed by atoms with Crippen LogP contribution in [0.5, 0.6) is 0 Å². The van der Waals surface area contributed by atoms with Crippen molar-refractivity contribution in [2.45, 2.75) is 25.9 Å². The predicted molar refractivity (Wildman–Crippen MR) is 110 cm³/mol. The molecule has 0 aromatic heterocycles. The van der Waals surface area contributed by atoms with Gasteiger partial charge in [0.15, 0.2) is 5.92 Å². The lowest BCUT2D eigenvalue weighted by atomic mass is 9.91. The number of amides is 1. The Hall–Kier alpha value is -2.86. The molecule has 0 aliphatic carbocycles. The summed E-state index contributed by atoms with van der Waals surface area (Å²) in [4.78, 5) is 32.3. The van der Waals surface area contributed by atoms with Gasteiger partial charge in [-0.15, -0.1) is 0 Å². The molecule has 29 heavy (non-hydrogen) atoms. The summed E-state index contributed by atoms with van der Waals surface area (Å²) in [6, 6.07) is 14.7. The Morgan fingerprint density at radius 3 is 2.66 bits per heavy atom. The second-order valence-corrected chi connectivity index (χ2v) is 7.54. The Morgan fingerprint density at radius 1 is 1.21 bits per heavy atom. The highest BCUT2D eigenvalue weighted by atomic mass is 35.5. The van der Waals surface area contributed by atoms with Crippen molar-refractivity contribution in [1.82, 2.24) is 10.2 Å². The highest BCUT2D eigenvalue weighted by Gasteiger charge is 2.42. The molecule has 0 saturated heterocycles. The summed E-state index contributed by atoms with van der Waals surface area (Å²) in [5.41, 5.74) is 3.27. The largest absolute Gasteiger partial charge is 0.465 e. The van der Waals surface area contributed by atoms with E-state index in [-0.39, 0.29) is 6.61 Å². The van der Waals surface area contributed by atoms with Crippen LogP contribution in [0.25, 0.3) is 0 Å². The number of hydrogen-bond acceptors (Lipinski definition) is 5. The summed E-state index contributed by atoms with van der Waals surface area (Å²) in [6.07, 6.45) is 0.873. The Bertz CT molecular complexity index is 958. The highest BCUT2D eigenvalue weighted by Crippen LogP contribution is 2.32. The second kappa shape index (κ2) is 8.25. The average molecular weight is 412 g/mol. The van der Waals surface area contributed by atoms with Crippen LogP contribution >= 0.6 is 11.6 Å². The maximum atomic E-state index is 12.9. The van der Waals surface area contributed by atoms with E-state index in [4.69, 9.17) is 21.3 Å². The number of nitrogens with zero attached hydrogens (tertiary/aromatic N) is 2. The smallest absolute Gasteiger partial charge is 0.321 e. The van der Waals surface area contributed by atoms with Crippen molar-refractivity contribution >= 4 is 29.4 Å². The van der Waals surface area contributed by atoms with Gasteiger partial charge < -0.3 is 9.64 Å². The number of carbonyl (C=O) groups is 2. The number of guanidine groups is 1. The van der Waals surface area contributed by atoms with Gasteiger partial charge in [0, 0.05) is 18.1 Å². The van der Waals surface area contributed by atoms with E-state index in [9.17, 15) is 9.59 Å². The first-order valence-electron chi connectivity index (χ1n) is 9.69. The number of fused-ring (bicyclic) bond motifs is 1. The summed E-state index contributed by atoms with van der Waals surface area (Å²) in [7, 11) is 0. The van der Waals surface area contributed by atoms with E-state index in [1.807, 2.05) is 17.0 Å². The van der Waals surface area contributed by atoms with Gasteiger partial charge in [-0.05, 0) is 42.2 Å². The van der Waals surface area contributed by atoms with Crippen LogP contribution in [0.3, 0.4) is 0 Å². The van der Waals surface area contributed by atoms with E-state index < -0.39 is 23.8 Å². The minimum absolute atomic E-state index is 0.204. The fourth-order valence-electron chi connectivity index (χ4n) is 3.80. The first-order valence-corrected chi connectivity index (χ1v) is 10.1. The zero-order valence-electron chi connectivity index (χ0n) is 16.1. The van der Waals surface area contributed by atoms with E-state index in [2.05, 4.69) is 17.4 Å². The lowest BCUT2D eigenvalue weighted by Crippen LogP contribution is -2.53. The normalized spacial score (nSPS) is 21.1. The van der Waals surface area contributed by atoms with Crippen LogP contribution in [0.4, 0.5) is 0 Å². The van der Waals surface area contributed by atoms with Gasteiger partial charge in [0.25, 0.3) is 0 Å². The molecule has 2 atom stereocenters. The number of halogens is 1. The number of ether oxygens (including phenoxy) is 1. The van der Waals surface area contributed by atoms with Crippen LogP contribution in [-0.4, -0.2) is 35.9 Å². The zero-order chi connectivity index (χ0) is 20.4. The number of hydrogen-bond donors (Lipinski definition) is 1. The molecule has 7 heteroatoms. The van der Waals surface area contributed by atoms with Crippen LogP contribution in [0.15, 0.2) is 53.5 Å². The SMILES string of the molecule is CCOC(=O)[C@@H]1C(=O)NC(N2CCc3ccccc3C2)=N[C@H]1c1ccc(Cl)cc1. The molecular formula is C22H22ClN3O3. The van der Waals surface area contributed by atoms with Gasteiger partial charge in [0.2, 0.25) is 11.9 Å². The van der Waals surface area contributed by atoms with Gasteiger partial charge in [-0.3, -0.25) is 14.9 Å². The maximum Gasteiger partial charge on any atom is 0.321 e. The molecule has 4 rings (SSSR count). The second-order valence-electron chi connectivity index (χ2n) is 7.11. The van der Waals surface area contributed by atoms with Crippen molar-refractivity contribution in [2.24, 2.45) is 10.9 Å². The maximum absolute atomic E-state index is 12.9. The fraction of sp³-hybridized carbons (Fsp3) is 0.318. The number of nitrogens with one attached hydrogen (secondary N) is 1. The summed E-state index contributed by atoms with van der Waals surface area (Å²) < 4.78 is 5.15. The lowest BCUT2D eigenvalue weighted by molar-refractivity contribution is -0.153. The molecule has 0 spiro atoms. The molecule has 1 N–H and O–H groups in total. The molecule has 1 amide bonds. The van der Waals surface area contributed by atoms with E-state index >= 15 is 0 Å². The molecule has 2 aliphatic rings. The number of benzene rings is 2. The first kappa shape index (κ1) is 19.5. The summed E-state index contributed by atoms with van der Waals surface area (Å²) >= 11 is 6.01. The minimum atomic E-state index is -1.03. The van der Waals surface area contributed by atoms with Gasteiger partial charge in [0.1, 0.15) is 6.04 Å². The molecule has 0 bridgehead atoms. The summed E-state index contributed by atoms with van der Waals surface area (Å²) in [5, 5.41) is 3.41. The number of aliphatic imine (C=N–C) groups is 1. The number of esters is 1. The molecule has 0 fully saturated rings. The highest BCUT2D eigenvalue weighted by molar-refractivity contribution is 6.30. The Balaban J connectivity index is 1.68. The molecule has 0 unspecified atom stereocenters. The molecule has 0 radical (unpaired) electrons. The van der Waals surface area contributed by atoms with Crippen molar-refractivity contribution in [3.8, 4) is 0 Å². The number of rotatable bonds is 3. The van der Waals surface area contributed by atoms with Gasteiger partial charge in [-0.2, -0.15) is 0 Å². The van der Waals surface area contributed by atoms with Crippen LogP contribution in [0.1, 0.15) is 29.7 Å². The summed E-state index contributed by atoms with van der Waals surface area (Å²) in [6.45, 7) is 3.32. The fourth-order valence-corrected chi connectivity index (χ4v) is 3.93. The van der Waals surface area contributed by atoms with Gasteiger partial charge in [-0.1, -0.05) is 48.0 Å². The standard InChI is InChI=1S/C22H22ClN3O3/c1-2-29-21(28)18-19(15-7-9-17(23)10-8-15)24-22(25-20(18)27)26-12-11-14-5-3-4-6-16(14)13-26/h3-10,18-19H,2,11-13H2,1H3,(H,24,25,27)/t18-,19-/m0/s1. The van der Waals surface area contributed by atoms with Crippen molar-refractivity contribution in [1.29, 1.82) is 0 Å². The third-order valence-electron chi connectivity index (χ3n) is 5.28. The minimum Gasteiger partial charge on any atom is -0.465 e. The quantitative estimate of drug-likeness (QED) is 0.622. The van der Waals surface area contributed by atoms with E-state index in [0.29, 0.717) is 17.5 Å². The van der Waals surface area contributed by atoms with Crippen molar-refractivity contribution in [2.75, 3.05) is 13.2 Å². The molecule has 0 saturated carbocycles. The lowest BCUT2D eigenvalue weighted by Gasteiger charge is -2.36. The first-order chi connectivity index (χ1) is 14.1. The molecule has 150 valence electrons. The molecule has 2 aromatic rings. The van der Waals surface area contributed by atoms with Gasteiger partial charge in [-0.25, -0.2) is 4.99 Å². The molecular weight excluding hydrogens is 390 g/mol. The molecule has 2 aromatic carbocycles. The van der Waals surface area contributed by atoms with Crippen molar-refractivity contribution in [3.05, 3.63) is 70.2 Å². The monoisotopic (exact) mass is 411 g/mol. The van der Waals surface area contributed by atoms with Gasteiger partial charge >= 0.3 is 5.97 Å². The molecule has 2 heterocycles. The average Bonchev–Trinajstić information content (AvgIpc) is 2.73. The van der Waals surface area contributed by atoms with Crippen LogP contribution in [-0.2, 0) is 27.3 Å². The van der Waals surface area contributed by atoms with Crippen LogP contribution < -0.4 is 5.32 Å². The Labute approximate surface area is 174 Å².